The molecule has 2 fully saturated rings. The van der Waals surface area contributed by atoms with E-state index in [2.05, 4.69) is 5.32 Å². The molecule has 0 aliphatic heterocycles. The molecule has 3 unspecified atom stereocenters. The predicted molar refractivity (Wildman–Crippen MR) is 58.8 cm³/mol. The number of ether oxygens (including phenoxy) is 1. The van der Waals surface area contributed by atoms with E-state index < -0.39 is 12.7 Å². The second-order valence-corrected chi connectivity index (χ2v) is 5.24. The van der Waals surface area contributed by atoms with Crippen LogP contribution in [0.3, 0.4) is 0 Å². The lowest BCUT2D eigenvalue weighted by Crippen LogP contribution is -2.32. The van der Waals surface area contributed by atoms with Crippen molar-refractivity contribution in [3.63, 3.8) is 0 Å². The maximum atomic E-state index is 11.8. The summed E-state index contributed by atoms with van der Waals surface area (Å²) in [7, 11) is 0. The molecule has 0 aromatic rings. The van der Waals surface area contributed by atoms with Crippen LogP contribution in [0.25, 0.3) is 0 Å². The summed E-state index contributed by atoms with van der Waals surface area (Å²) in [5, 5.41) is 2.20. The largest absolute Gasteiger partial charge is 0.464 e. The van der Waals surface area contributed by atoms with Crippen LogP contribution in [-0.2, 0) is 9.53 Å². The molecule has 0 amide bonds. The fraction of sp³-hybridized carbons (Fsp3) is 0.917. The van der Waals surface area contributed by atoms with Crippen LogP contribution in [0.5, 0.6) is 0 Å². The number of fused-ring (bicyclic) bond motifs is 2. The van der Waals surface area contributed by atoms with Crippen molar-refractivity contribution in [3.05, 3.63) is 0 Å². The Balaban J connectivity index is 1.58. The Morgan fingerprint density at radius 3 is 2.61 bits per heavy atom. The third-order valence-electron chi connectivity index (χ3n) is 3.89. The quantitative estimate of drug-likeness (QED) is 0.611. The minimum atomic E-state index is -4.21. The topological polar surface area (TPSA) is 38.3 Å². The third kappa shape index (κ3) is 3.60. The summed E-state index contributed by atoms with van der Waals surface area (Å²) in [6, 6.07) is 0. The minimum absolute atomic E-state index is 0.00799. The zero-order valence-electron chi connectivity index (χ0n) is 10.1. The van der Waals surface area contributed by atoms with Gasteiger partial charge in [0.1, 0.15) is 6.61 Å². The van der Waals surface area contributed by atoms with Crippen molar-refractivity contribution in [2.45, 2.75) is 31.9 Å². The summed E-state index contributed by atoms with van der Waals surface area (Å²) in [4.78, 5) is 11.7. The van der Waals surface area contributed by atoms with Crippen molar-refractivity contribution in [1.29, 1.82) is 0 Å². The van der Waals surface area contributed by atoms with Gasteiger partial charge in [0.2, 0.25) is 0 Å². The number of hydrogen-bond donors (Lipinski definition) is 1. The summed E-state index contributed by atoms with van der Waals surface area (Å²) < 4.78 is 40.5. The Bertz CT molecular complexity index is 306. The second kappa shape index (κ2) is 5.47. The maximum Gasteiger partial charge on any atom is 0.401 e. The van der Waals surface area contributed by atoms with Crippen molar-refractivity contribution < 1.29 is 22.7 Å². The van der Waals surface area contributed by atoms with Crippen molar-refractivity contribution in [2.75, 3.05) is 19.7 Å². The number of rotatable bonds is 5. The number of halogens is 3. The molecule has 18 heavy (non-hydrogen) atoms. The molecule has 0 spiro atoms. The van der Waals surface area contributed by atoms with Crippen LogP contribution in [0.1, 0.15) is 25.7 Å². The van der Waals surface area contributed by atoms with Gasteiger partial charge in [0.05, 0.1) is 12.5 Å². The van der Waals surface area contributed by atoms with Gasteiger partial charge in [-0.2, -0.15) is 13.2 Å². The van der Waals surface area contributed by atoms with Gasteiger partial charge in [-0.1, -0.05) is 6.42 Å². The third-order valence-corrected chi connectivity index (χ3v) is 3.89. The van der Waals surface area contributed by atoms with Crippen LogP contribution >= 0.6 is 0 Å². The molecule has 2 saturated carbocycles. The molecule has 3 nitrogen and oxygen atoms in total. The lowest BCUT2D eigenvalue weighted by Gasteiger charge is -2.20. The summed E-state index contributed by atoms with van der Waals surface area (Å²) >= 11 is 0. The number of nitrogens with one attached hydrogen (secondary N) is 1. The summed E-state index contributed by atoms with van der Waals surface area (Å²) in [5.74, 6) is 0.879. The first-order valence-corrected chi connectivity index (χ1v) is 6.40. The standard InChI is InChI=1S/C12H18F3NO2/c13-12(14,15)7-16-3-4-18-11(17)10-6-8-1-2-9(10)5-8/h8-10,16H,1-7H2. The highest BCUT2D eigenvalue weighted by Crippen LogP contribution is 2.48. The average Bonchev–Trinajstić information content (AvgIpc) is 2.88. The highest BCUT2D eigenvalue weighted by atomic mass is 19.4. The first-order valence-electron chi connectivity index (χ1n) is 6.40. The first kappa shape index (κ1) is 13.6. The summed E-state index contributed by atoms with van der Waals surface area (Å²) in [5.41, 5.74) is 0. The highest BCUT2D eigenvalue weighted by Gasteiger charge is 2.43. The Hall–Kier alpha value is -0.780. The lowest BCUT2D eigenvalue weighted by atomic mass is 9.89. The van der Waals surface area contributed by atoms with Gasteiger partial charge in [0, 0.05) is 6.54 Å². The molecule has 2 aliphatic rings. The molecule has 1 N–H and O–H groups in total. The van der Waals surface area contributed by atoms with E-state index in [-0.39, 0.29) is 25.0 Å². The van der Waals surface area contributed by atoms with Gasteiger partial charge < -0.3 is 10.1 Å². The number of alkyl halides is 3. The Morgan fingerprint density at radius 2 is 2.06 bits per heavy atom. The molecule has 2 aliphatic carbocycles. The fourth-order valence-electron chi connectivity index (χ4n) is 3.09. The van der Waals surface area contributed by atoms with E-state index in [0.717, 1.165) is 19.3 Å². The molecule has 3 atom stereocenters. The van der Waals surface area contributed by atoms with Gasteiger partial charge in [0.25, 0.3) is 0 Å². The molecule has 2 rings (SSSR count). The lowest BCUT2D eigenvalue weighted by molar-refractivity contribution is -0.150. The molecular weight excluding hydrogens is 247 g/mol. The monoisotopic (exact) mass is 265 g/mol. The summed E-state index contributed by atoms with van der Waals surface area (Å²) in [6.07, 6.45) is 0.110. The number of carbonyl (C=O) groups excluding carboxylic acids is 1. The van der Waals surface area contributed by atoms with Crippen molar-refractivity contribution in [1.82, 2.24) is 5.32 Å². The van der Waals surface area contributed by atoms with E-state index in [1.54, 1.807) is 0 Å². The van der Waals surface area contributed by atoms with Gasteiger partial charge in [-0.25, -0.2) is 0 Å². The van der Waals surface area contributed by atoms with Crippen LogP contribution in [0.4, 0.5) is 13.2 Å². The molecule has 0 aromatic heterocycles. The van der Waals surface area contributed by atoms with Gasteiger partial charge >= 0.3 is 12.1 Å². The minimum Gasteiger partial charge on any atom is -0.464 e. The molecule has 0 saturated heterocycles. The second-order valence-electron chi connectivity index (χ2n) is 5.24. The molecule has 0 aromatic carbocycles. The molecule has 2 bridgehead atoms. The Morgan fingerprint density at radius 1 is 1.28 bits per heavy atom. The molecule has 0 radical (unpaired) electrons. The van der Waals surface area contributed by atoms with E-state index >= 15 is 0 Å². The molecule has 0 heterocycles. The fourth-order valence-corrected chi connectivity index (χ4v) is 3.09. The first-order chi connectivity index (χ1) is 8.46. The van der Waals surface area contributed by atoms with E-state index in [1.165, 1.54) is 6.42 Å². The Labute approximate surface area is 104 Å². The number of esters is 1. The van der Waals surface area contributed by atoms with Crippen LogP contribution in [-0.4, -0.2) is 31.8 Å². The van der Waals surface area contributed by atoms with Gasteiger partial charge in [-0.15, -0.1) is 0 Å². The maximum absolute atomic E-state index is 11.8. The van der Waals surface area contributed by atoms with Crippen LogP contribution in [0, 0.1) is 17.8 Å². The predicted octanol–water partition coefficient (Wildman–Crippen LogP) is 2.12. The Kier molecular flexibility index (Phi) is 4.14. The van der Waals surface area contributed by atoms with Crippen molar-refractivity contribution in [2.24, 2.45) is 17.8 Å². The molecule has 104 valence electrons. The SMILES string of the molecule is O=C(OCCNCC(F)(F)F)C1CC2CCC1C2. The normalized spacial score (nSPS) is 30.7. The number of carbonyl (C=O) groups is 1. The molecular formula is C12H18F3NO2. The van der Waals surface area contributed by atoms with E-state index in [9.17, 15) is 18.0 Å². The van der Waals surface area contributed by atoms with E-state index in [4.69, 9.17) is 4.74 Å². The van der Waals surface area contributed by atoms with E-state index in [1.807, 2.05) is 0 Å². The summed E-state index contributed by atoms with van der Waals surface area (Å²) in [6.45, 7) is -0.979. The van der Waals surface area contributed by atoms with E-state index in [0.29, 0.717) is 11.8 Å². The van der Waals surface area contributed by atoms with Crippen LogP contribution < -0.4 is 5.32 Å². The van der Waals surface area contributed by atoms with Gasteiger partial charge in [0.15, 0.2) is 0 Å². The zero-order valence-corrected chi connectivity index (χ0v) is 10.1. The van der Waals surface area contributed by atoms with Crippen molar-refractivity contribution in [3.8, 4) is 0 Å². The van der Waals surface area contributed by atoms with Gasteiger partial charge in [-0.3, -0.25) is 4.79 Å². The highest BCUT2D eigenvalue weighted by molar-refractivity contribution is 5.73. The number of hydrogen-bond acceptors (Lipinski definition) is 3. The average molecular weight is 265 g/mol. The van der Waals surface area contributed by atoms with Crippen molar-refractivity contribution >= 4 is 5.97 Å². The molecule has 6 heteroatoms. The van der Waals surface area contributed by atoms with Crippen LogP contribution in [0.2, 0.25) is 0 Å². The zero-order chi connectivity index (χ0) is 13.2. The smallest absolute Gasteiger partial charge is 0.401 e. The van der Waals surface area contributed by atoms with Gasteiger partial charge in [-0.05, 0) is 31.1 Å². The van der Waals surface area contributed by atoms with Crippen LogP contribution in [0.15, 0.2) is 0 Å².